The molecule has 0 atom stereocenters. The second-order valence-corrected chi connectivity index (χ2v) is 15.1. The van der Waals surface area contributed by atoms with Crippen molar-refractivity contribution in [3.63, 3.8) is 0 Å². The van der Waals surface area contributed by atoms with Gasteiger partial charge in [0.25, 0.3) is 0 Å². The number of pyridine rings is 1. The van der Waals surface area contributed by atoms with Gasteiger partial charge in [0.1, 0.15) is 5.58 Å². The summed E-state index contributed by atoms with van der Waals surface area (Å²) in [6.45, 7) is 0. The van der Waals surface area contributed by atoms with E-state index in [1.807, 2.05) is 36.5 Å². The smallest absolute Gasteiger partial charge is 0.166 e. The second kappa shape index (κ2) is 13.7. The number of furan rings is 1. The van der Waals surface area contributed by atoms with Crippen LogP contribution in [0.4, 0.5) is 0 Å². The maximum Gasteiger partial charge on any atom is 0.166 e. The molecule has 8 aromatic carbocycles. The summed E-state index contributed by atoms with van der Waals surface area (Å²) in [7, 11) is 0. The van der Waals surface area contributed by atoms with Gasteiger partial charge in [-0.25, -0.2) is 15.0 Å². The first-order valence-corrected chi connectivity index (χ1v) is 20.0. The number of rotatable bonds is 6. The van der Waals surface area contributed by atoms with Gasteiger partial charge in [-0.1, -0.05) is 146 Å². The van der Waals surface area contributed by atoms with Crippen LogP contribution in [0.2, 0.25) is 0 Å². The summed E-state index contributed by atoms with van der Waals surface area (Å²) < 4.78 is 8.60. The van der Waals surface area contributed by atoms with Crippen molar-refractivity contribution >= 4 is 54.5 Å². The summed E-state index contributed by atoms with van der Waals surface area (Å²) in [6, 6.07) is 65.8. The van der Waals surface area contributed by atoms with Crippen LogP contribution in [0, 0.1) is 0 Å². The lowest BCUT2D eigenvalue weighted by atomic mass is 9.98. The highest BCUT2D eigenvalue weighted by atomic mass is 16.3. The van der Waals surface area contributed by atoms with Crippen LogP contribution < -0.4 is 0 Å². The minimum atomic E-state index is 0.524. The molecule has 4 heterocycles. The minimum absolute atomic E-state index is 0.524. The highest BCUT2D eigenvalue weighted by molar-refractivity contribution is 6.11. The second-order valence-electron chi connectivity index (χ2n) is 15.1. The predicted octanol–water partition coefficient (Wildman–Crippen LogP) is 13.8. The molecule has 0 aliphatic rings. The SMILES string of the molecule is c1ccc(-c2ccc3cc(-c4nc(-c5ccccc5-c5ccc(-n6c7ccccc7c7ccccc76)cc5)nc(-c5cncc6oc7ccccc7c56)n4)ccc3c2)cc1. The van der Waals surface area contributed by atoms with Crippen LogP contribution in [0.15, 0.2) is 205 Å². The molecule has 12 aromatic rings. The van der Waals surface area contributed by atoms with Crippen LogP contribution in [0.1, 0.15) is 0 Å². The van der Waals surface area contributed by atoms with Crippen molar-refractivity contribution in [2.75, 3.05) is 0 Å². The summed E-state index contributed by atoms with van der Waals surface area (Å²) >= 11 is 0. The first-order valence-electron chi connectivity index (χ1n) is 20.0. The minimum Gasteiger partial charge on any atom is -0.454 e. The number of hydrogen-bond acceptors (Lipinski definition) is 5. The van der Waals surface area contributed by atoms with Gasteiger partial charge in [-0.2, -0.15) is 0 Å². The zero-order valence-electron chi connectivity index (χ0n) is 32.2. The van der Waals surface area contributed by atoms with E-state index in [9.17, 15) is 0 Å². The van der Waals surface area contributed by atoms with Gasteiger partial charge in [-0.05, 0) is 75.5 Å². The van der Waals surface area contributed by atoms with Crippen LogP contribution in [0.25, 0.3) is 117 Å². The molecule has 0 saturated heterocycles. The Hall–Kier alpha value is -8.22. The summed E-state index contributed by atoms with van der Waals surface area (Å²) in [5.74, 6) is 1.67. The van der Waals surface area contributed by atoms with Gasteiger partial charge in [-0.15, -0.1) is 0 Å². The topological polar surface area (TPSA) is 69.6 Å². The fourth-order valence-electron chi connectivity index (χ4n) is 8.71. The van der Waals surface area contributed by atoms with Crippen molar-refractivity contribution in [1.82, 2.24) is 24.5 Å². The van der Waals surface area contributed by atoms with E-state index in [-0.39, 0.29) is 0 Å². The van der Waals surface area contributed by atoms with Crippen LogP contribution >= 0.6 is 0 Å². The lowest BCUT2D eigenvalue weighted by molar-refractivity contribution is 0.667. The van der Waals surface area contributed by atoms with Crippen LogP contribution in [0.5, 0.6) is 0 Å². The van der Waals surface area contributed by atoms with E-state index in [0.29, 0.717) is 23.1 Å². The molecular formula is C54H33N5O. The monoisotopic (exact) mass is 767 g/mol. The normalized spacial score (nSPS) is 11.7. The quantitative estimate of drug-likeness (QED) is 0.168. The maximum absolute atomic E-state index is 6.26. The number of hydrogen-bond donors (Lipinski definition) is 0. The molecule has 0 N–H and O–H groups in total. The number of aromatic nitrogens is 5. The number of nitrogens with zero attached hydrogens (tertiary/aromatic N) is 5. The summed E-state index contributed by atoms with van der Waals surface area (Å²) in [5, 5.41) is 6.62. The molecule has 0 amide bonds. The zero-order valence-corrected chi connectivity index (χ0v) is 32.2. The summed E-state index contributed by atoms with van der Waals surface area (Å²) in [4.78, 5) is 20.3. The average molecular weight is 768 g/mol. The van der Waals surface area contributed by atoms with E-state index in [2.05, 4.69) is 167 Å². The Balaban J connectivity index is 1.02. The molecule has 280 valence electrons. The highest BCUT2D eigenvalue weighted by Gasteiger charge is 2.20. The van der Waals surface area contributed by atoms with Crippen molar-refractivity contribution in [2.45, 2.75) is 0 Å². The standard InChI is InChI=1S/C54H33N5O/c1-2-12-34(13-3-1)36-22-23-38-31-39(25-24-37(38)30-36)52-56-53(58-54(57-52)46-32-55-33-50-51(46)45-18-8-11-21-49(45)60-50)44-17-5-4-14-41(44)35-26-28-40(29-27-35)59-47-19-9-6-15-42(47)43-16-7-10-20-48(43)59/h1-33H. The van der Waals surface area contributed by atoms with Crippen LogP contribution in [-0.2, 0) is 0 Å². The molecule has 0 saturated carbocycles. The van der Waals surface area contributed by atoms with Gasteiger partial charge < -0.3 is 8.98 Å². The molecule has 0 unspecified atom stereocenters. The fourth-order valence-corrected chi connectivity index (χ4v) is 8.71. The lowest BCUT2D eigenvalue weighted by Gasteiger charge is -2.14. The number of para-hydroxylation sites is 3. The molecular weight excluding hydrogens is 735 g/mol. The third kappa shape index (κ3) is 5.57. The van der Waals surface area contributed by atoms with E-state index in [1.54, 1.807) is 6.20 Å². The summed E-state index contributed by atoms with van der Waals surface area (Å²) in [5.41, 5.74) is 11.9. The van der Waals surface area contributed by atoms with E-state index < -0.39 is 0 Å². The fraction of sp³-hybridized carbons (Fsp3) is 0. The van der Waals surface area contributed by atoms with Crippen molar-refractivity contribution in [3.05, 3.63) is 200 Å². The molecule has 4 aromatic heterocycles. The first kappa shape index (κ1) is 33.9. The Morgan fingerprint density at radius 2 is 0.933 bits per heavy atom. The third-order valence-electron chi connectivity index (χ3n) is 11.6. The molecule has 60 heavy (non-hydrogen) atoms. The van der Waals surface area contributed by atoms with E-state index in [4.69, 9.17) is 19.4 Å². The highest BCUT2D eigenvalue weighted by Crippen LogP contribution is 2.39. The molecule has 12 rings (SSSR count). The lowest BCUT2D eigenvalue weighted by Crippen LogP contribution is -2.01. The van der Waals surface area contributed by atoms with Crippen molar-refractivity contribution in [3.8, 4) is 62.1 Å². The van der Waals surface area contributed by atoms with Gasteiger partial charge in [-0.3, -0.25) is 4.98 Å². The van der Waals surface area contributed by atoms with Crippen molar-refractivity contribution in [1.29, 1.82) is 0 Å². The molecule has 0 radical (unpaired) electrons. The molecule has 0 fully saturated rings. The first-order chi connectivity index (χ1) is 29.7. The molecule has 6 nitrogen and oxygen atoms in total. The average Bonchev–Trinajstić information content (AvgIpc) is 3.88. The Kier molecular flexibility index (Phi) is 7.74. The van der Waals surface area contributed by atoms with Gasteiger partial charge in [0.15, 0.2) is 23.1 Å². The molecule has 0 spiro atoms. The molecule has 6 heteroatoms. The number of benzene rings is 8. The summed E-state index contributed by atoms with van der Waals surface area (Å²) in [6.07, 6.45) is 3.59. The van der Waals surface area contributed by atoms with E-state index in [1.165, 1.54) is 32.9 Å². The van der Waals surface area contributed by atoms with Crippen LogP contribution in [0.3, 0.4) is 0 Å². The van der Waals surface area contributed by atoms with E-state index >= 15 is 0 Å². The van der Waals surface area contributed by atoms with Crippen LogP contribution in [-0.4, -0.2) is 24.5 Å². The van der Waals surface area contributed by atoms with E-state index in [0.717, 1.165) is 60.6 Å². The Labute approximate surface area is 344 Å². The predicted molar refractivity (Wildman–Crippen MR) is 244 cm³/mol. The Bertz CT molecular complexity index is 3550. The van der Waals surface area contributed by atoms with Gasteiger partial charge in [0.05, 0.1) is 17.2 Å². The Morgan fingerprint density at radius 3 is 1.68 bits per heavy atom. The maximum atomic E-state index is 6.26. The van der Waals surface area contributed by atoms with Gasteiger partial charge in [0, 0.05) is 50.1 Å². The molecule has 0 bridgehead atoms. The molecule has 0 aliphatic heterocycles. The number of fused-ring (bicyclic) bond motifs is 7. The third-order valence-corrected chi connectivity index (χ3v) is 11.6. The van der Waals surface area contributed by atoms with Gasteiger partial charge in [0.2, 0.25) is 0 Å². The molecule has 0 aliphatic carbocycles. The Morgan fingerprint density at radius 1 is 0.367 bits per heavy atom. The van der Waals surface area contributed by atoms with Crippen molar-refractivity contribution in [2.24, 2.45) is 0 Å². The zero-order chi connectivity index (χ0) is 39.6. The van der Waals surface area contributed by atoms with Crippen molar-refractivity contribution < 1.29 is 4.42 Å². The van der Waals surface area contributed by atoms with Gasteiger partial charge >= 0.3 is 0 Å². The largest absolute Gasteiger partial charge is 0.454 e.